The summed E-state index contributed by atoms with van der Waals surface area (Å²) in [6, 6.07) is 13.0. The second-order valence-corrected chi connectivity index (χ2v) is 7.93. The Balaban J connectivity index is 2.11. The molecule has 3 aromatic rings. The highest BCUT2D eigenvalue weighted by Gasteiger charge is 2.23. The molecular formula is C22H24F2N4O3. The van der Waals surface area contributed by atoms with Crippen molar-refractivity contribution in [2.24, 2.45) is 5.73 Å². The molecule has 7 nitrogen and oxygen atoms in total. The van der Waals surface area contributed by atoms with Crippen LogP contribution >= 0.6 is 0 Å². The van der Waals surface area contributed by atoms with Crippen LogP contribution in [0.4, 0.5) is 20.3 Å². The predicted octanol–water partition coefficient (Wildman–Crippen LogP) is 4.67. The molecule has 0 atom stereocenters. The maximum absolute atomic E-state index is 12.5. The van der Waals surface area contributed by atoms with Gasteiger partial charge in [0.15, 0.2) is 0 Å². The summed E-state index contributed by atoms with van der Waals surface area (Å²) in [6.45, 7) is 3.27. The Morgan fingerprint density at radius 2 is 1.94 bits per heavy atom. The van der Waals surface area contributed by atoms with Gasteiger partial charge in [0, 0.05) is 18.0 Å². The molecule has 164 valence electrons. The zero-order valence-corrected chi connectivity index (χ0v) is 17.4. The fourth-order valence-corrected chi connectivity index (χ4v) is 3.03. The van der Waals surface area contributed by atoms with Crippen LogP contribution < -0.4 is 15.8 Å². The summed E-state index contributed by atoms with van der Waals surface area (Å²) < 4.78 is 31.0. The molecule has 0 bridgehead atoms. The zero-order valence-electron chi connectivity index (χ0n) is 17.4. The summed E-state index contributed by atoms with van der Waals surface area (Å²) in [5.74, 6) is -1.02. The van der Waals surface area contributed by atoms with Gasteiger partial charge < -0.3 is 20.9 Å². The number of nitrogens with two attached hydrogens (primary N) is 1. The van der Waals surface area contributed by atoms with E-state index in [2.05, 4.69) is 10.1 Å². The third-order valence-electron chi connectivity index (χ3n) is 4.63. The van der Waals surface area contributed by atoms with Gasteiger partial charge in [0.1, 0.15) is 11.6 Å². The third kappa shape index (κ3) is 5.00. The molecule has 0 fully saturated rings. The molecule has 0 aliphatic heterocycles. The minimum atomic E-state index is -3.05. The van der Waals surface area contributed by atoms with Gasteiger partial charge in [-0.05, 0) is 29.8 Å². The fraction of sp³-hybridized carbons (Fsp3) is 0.273. The first-order chi connectivity index (χ1) is 14.6. The van der Waals surface area contributed by atoms with Crippen LogP contribution in [0.3, 0.4) is 0 Å². The van der Waals surface area contributed by atoms with E-state index in [1.807, 2.05) is 51.1 Å². The summed E-state index contributed by atoms with van der Waals surface area (Å²) in [6.07, 6.45) is 0. The summed E-state index contributed by atoms with van der Waals surface area (Å²) in [4.78, 5) is 11.7. The van der Waals surface area contributed by atoms with Gasteiger partial charge in [-0.25, -0.2) is 9.48 Å². The number of carboxylic acid groups (broad SMARTS) is 1. The third-order valence-corrected chi connectivity index (χ3v) is 4.63. The second-order valence-electron chi connectivity index (χ2n) is 7.93. The van der Waals surface area contributed by atoms with Gasteiger partial charge >= 0.3 is 12.6 Å². The number of benzene rings is 2. The average molecular weight is 430 g/mol. The van der Waals surface area contributed by atoms with Gasteiger partial charge in [-0.3, -0.25) is 0 Å². The van der Waals surface area contributed by atoms with Crippen LogP contribution in [0.25, 0.3) is 5.69 Å². The molecular weight excluding hydrogens is 406 g/mol. The standard InChI is InChI=1S/C22H24F2N4O3/c1-22(2,3)18-11-19(28(27-18)17-7-5-4-6-13(17)12-25)26-16-9-8-14(31-21(23)24)10-15(16)20(29)30/h4-11,21,26H,12,25H2,1-3H3,(H,29,30). The normalized spacial score (nSPS) is 11.6. The molecule has 0 spiro atoms. The molecule has 3 rings (SSSR count). The molecule has 0 saturated heterocycles. The first-order valence-corrected chi connectivity index (χ1v) is 9.58. The van der Waals surface area contributed by atoms with Crippen LogP contribution in [0.1, 0.15) is 42.4 Å². The van der Waals surface area contributed by atoms with E-state index in [4.69, 9.17) is 10.8 Å². The first kappa shape index (κ1) is 22.2. The number of ether oxygens (including phenoxy) is 1. The number of halogens is 2. The van der Waals surface area contributed by atoms with Crippen molar-refractivity contribution in [1.82, 2.24) is 9.78 Å². The first-order valence-electron chi connectivity index (χ1n) is 9.58. The lowest BCUT2D eigenvalue weighted by atomic mass is 9.92. The highest BCUT2D eigenvalue weighted by atomic mass is 19.3. The van der Waals surface area contributed by atoms with E-state index in [-0.39, 0.29) is 22.4 Å². The molecule has 2 aromatic carbocycles. The predicted molar refractivity (Wildman–Crippen MR) is 113 cm³/mol. The molecule has 0 radical (unpaired) electrons. The fourth-order valence-electron chi connectivity index (χ4n) is 3.03. The summed E-state index contributed by atoms with van der Waals surface area (Å²) >= 11 is 0. The van der Waals surface area contributed by atoms with Crippen molar-refractivity contribution in [2.75, 3.05) is 5.32 Å². The Bertz CT molecular complexity index is 1090. The lowest BCUT2D eigenvalue weighted by Crippen LogP contribution is -2.13. The van der Waals surface area contributed by atoms with E-state index in [1.54, 1.807) is 4.68 Å². The van der Waals surface area contributed by atoms with Gasteiger partial charge in [-0.1, -0.05) is 39.0 Å². The molecule has 4 N–H and O–H groups in total. The molecule has 0 unspecified atom stereocenters. The Morgan fingerprint density at radius 1 is 1.23 bits per heavy atom. The van der Waals surface area contributed by atoms with E-state index in [1.165, 1.54) is 12.1 Å². The van der Waals surface area contributed by atoms with Crippen molar-refractivity contribution < 1.29 is 23.4 Å². The highest BCUT2D eigenvalue weighted by molar-refractivity contribution is 5.95. The number of alkyl halides is 2. The summed E-state index contributed by atoms with van der Waals surface area (Å²) in [5.41, 5.74) is 7.99. The van der Waals surface area contributed by atoms with Crippen molar-refractivity contribution in [3.05, 3.63) is 65.4 Å². The maximum atomic E-state index is 12.5. The quantitative estimate of drug-likeness (QED) is 0.503. The smallest absolute Gasteiger partial charge is 0.387 e. The van der Waals surface area contributed by atoms with Gasteiger partial charge in [0.25, 0.3) is 0 Å². The SMILES string of the molecule is CC(C)(C)c1cc(Nc2ccc(OC(F)F)cc2C(=O)O)n(-c2ccccc2CN)n1. The van der Waals surface area contributed by atoms with Gasteiger partial charge in [-0.15, -0.1) is 0 Å². The lowest BCUT2D eigenvalue weighted by Gasteiger charge is -2.15. The van der Waals surface area contributed by atoms with Gasteiger partial charge in [0.2, 0.25) is 0 Å². The number of anilines is 2. The average Bonchev–Trinajstić information content (AvgIpc) is 3.12. The Labute approximate surface area is 178 Å². The highest BCUT2D eigenvalue weighted by Crippen LogP contribution is 2.31. The molecule has 0 amide bonds. The van der Waals surface area contributed by atoms with Crippen molar-refractivity contribution in [2.45, 2.75) is 39.3 Å². The summed E-state index contributed by atoms with van der Waals surface area (Å²) in [5, 5.41) is 17.4. The topological polar surface area (TPSA) is 102 Å². The van der Waals surface area contributed by atoms with Gasteiger partial charge in [0.05, 0.1) is 22.6 Å². The van der Waals surface area contributed by atoms with Gasteiger partial charge in [-0.2, -0.15) is 13.9 Å². The molecule has 0 aliphatic carbocycles. The molecule has 31 heavy (non-hydrogen) atoms. The molecule has 1 aromatic heterocycles. The second kappa shape index (κ2) is 8.73. The minimum absolute atomic E-state index is 0.209. The number of aromatic carboxylic acids is 1. The van der Waals surface area contributed by atoms with Crippen LogP contribution in [0, 0.1) is 0 Å². The Kier molecular flexibility index (Phi) is 6.26. The largest absolute Gasteiger partial charge is 0.478 e. The lowest BCUT2D eigenvalue weighted by molar-refractivity contribution is -0.0499. The van der Waals surface area contributed by atoms with Crippen molar-refractivity contribution in [1.29, 1.82) is 0 Å². The zero-order chi connectivity index (χ0) is 22.8. The number of nitrogens with zero attached hydrogens (tertiary/aromatic N) is 2. The van der Waals surface area contributed by atoms with E-state index in [0.717, 1.165) is 23.0 Å². The van der Waals surface area contributed by atoms with E-state index in [9.17, 15) is 18.7 Å². The number of carbonyl (C=O) groups is 1. The molecule has 0 aliphatic rings. The van der Waals surface area contributed by atoms with Crippen LogP contribution in [0.5, 0.6) is 5.75 Å². The van der Waals surface area contributed by atoms with Crippen LogP contribution in [-0.4, -0.2) is 27.5 Å². The Hall–Kier alpha value is -3.46. The maximum Gasteiger partial charge on any atom is 0.387 e. The number of hydrogen-bond donors (Lipinski definition) is 3. The molecule has 0 saturated carbocycles. The number of aromatic nitrogens is 2. The molecule has 9 heteroatoms. The van der Waals surface area contributed by atoms with E-state index in [0.29, 0.717) is 12.4 Å². The number of para-hydroxylation sites is 1. The number of carboxylic acids is 1. The number of nitrogens with one attached hydrogen (secondary N) is 1. The molecule has 1 heterocycles. The Morgan fingerprint density at radius 3 is 2.55 bits per heavy atom. The summed E-state index contributed by atoms with van der Waals surface area (Å²) in [7, 11) is 0. The van der Waals surface area contributed by atoms with Crippen LogP contribution in [0.15, 0.2) is 48.5 Å². The van der Waals surface area contributed by atoms with E-state index >= 15 is 0 Å². The van der Waals surface area contributed by atoms with Crippen LogP contribution in [0.2, 0.25) is 0 Å². The van der Waals surface area contributed by atoms with Crippen LogP contribution in [-0.2, 0) is 12.0 Å². The van der Waals surface area contributed by atoms with E-state index < -0.39 is 12.6 Å². The van der Waals surface area contributed by atoms with Crippen molar-refractivity contribution >= 4 is 17.5 Å². The monoisotopic (exact) mass is 430 g/mol. The minimum Gasteiger partial charge on any atom is -0.478 e. The van der Waals surface area contributed by atoms with Crippen molar-refractivity contribution in [3.63, 3.8) is 0 Å². The van der Waals surface area contributed by atoms with Crippen molar-refractivity contribution in [3.8, 4) is 11.4 Å². The number of hydrogen-bond acceptors (Lipinski definition) is 5. The number of rotatable bonds is 7.